The van der Waals surface area contributed by atoms with Crippen molar-refractivity contribution >= 4 is 32.8 Å². The molecule has 22 heavy (non-hydrogen) atoms. The van der Waals surface area contributed by atoms with E-state index in [9.17, 15) is 9.90 Å². The fraction of sp³-hybridized carbons (Fsp3) is 0.0588. The molecule has 3 aromatic rings. The molecule has 0 aliphatic rings. The highest BCUT2D eigenvalue weighted by molar-refractivity contribution is 9.10. The summed E-state index contributed by atoms with van der Waals surface area (Å²) in [5.74, 6) is -0.982. The Morgan fingerprint density at radius 2 is 2.05 bits per heavy atom. The second-order valence-electron chi connectivity index (χ2n) is 4.94. The highest BCUT2D eigenvalue weighted by Gasteiger charge is 2.15. The number of hydrogen-bond acceptors (Lipinski definition) is 2. The standard InChI is InChI=1S/C17H11BrN2O2/c18-14-3-1-2-12(7-14)10-20-15-5-4-11(9-19)6-13(15)8-16(20)17(21)22/h1-8H,10H2,(H,21,22). The zero-order chi connectivity index (χ0) is 15.7. The summed E-state index contributed by atoms with van der Waals surface area (Å²) in [5.41, 5.74) is 2.53. The van der Waals surface area contributed by atoms with Crippen LogP contribution in [0.2, 0.25) is 0 Å². The highest BCUT2D eigenvalue weighted by Crippen LogP contribution is 2.23. The Morgan fingerprint density at radius 1 is 1.23 bits per heavy atom. The SMILES string of the molecule is N#Cc1ccc2c(c1)cc(C(=O)O)n2Cc1cccc(Br)c1. The number of fused-ring (bicyclic) bond motifs is 1. The van der Waals surface area contributed by atoms with Crippen molar-refractivity contribution in [2.24, 2.45) is 0 Å². The molecule has 2 aromatic carbocycles. The molecule has 0 amide bonds. The minimum Gasteiger partial charge on any atom is -0.477 e. The molecule has 0 unspecified atom stereocenters. The van der Waals surface area contributed by atoms with Gasteiger partial charge in [-0.1, -0.05) is 28.1 Å². The Bertz CT molecular complexity index is 922. The molecule has 0 aliphatic carbocycles. The number of nitrogens with zero attached hydrogens (tertiary/aromatic N) is 2. The number of nitriles is 1. The van der Waals surface area contributed by atoms with Gasteiger partial charge in [0.15, 0.2) is 0 Å². The summed E-state index contributed by atoms with van der Waals surface area (Å²) in [6.07, 6.45) is 0. The lowest BCUT2D eigenvalue weighted by molar-refractivity contribution is 0.0686. The number of rotatable bonds is 3. The largest absolute Gasteiger partial charge is 0.477 e. The lowest BCUT2D eigenvalue weighted by Crippen LogP contribution is -2.09. The van der Waals surface area contributed by atoms with E-state index in [2.05, 4.69) is 22.0 Å². The van der Waals surface area contributed by atoms with Crippen LogP contribution >= 0.6 is 15.9 Å². The molecule has 0 saturated heterocycles. The summed E-state index contributed by atoms with van der Waals surface area (Å²) in [4.78, 5) is 11.5. The number of aromatic nitrogens is 1. The predicted octanol–water partition coefficient (Wildman–Crippen LogP) is 4.02. The first kappa shape index (κ1) is 14.4. The molecule has 3 rings (SSSR count). The molecule has 0 bridgehead atoms. The zero-order valence-corrected chi connectivity index (χ0v) is 13.0. The topological polar surface area (TPSA) is 66.0 Å². The molecule has 1 aromatic heterocycles. The molecule has 4 nitrogen and oxygen atoms in total. The van der Waals surface area contributed by atoms with E-state index in [1.54, 1.807) is 28.8 Å². The molecular formula is C17H11BrN2O2. The van der Waals surface area contributed by atoms with Crippen molar-refractivity contribution in [3.63, 3.8) is 0 Å². The number of carbonyl (C=O) groups is 1. The monoisotopic (exact) mass is 354 g/mol. The number of carboxylic acid groups (broad SMARTS) is 1. The van der Waals surface area contributed by atoms with Crippen molar-refractivity contribution in [3.8, 4) is 6.07 Å². The summed E-state index contributed by atoms with van der Waals surface area (Å²) in [7, 11) is 0. The third-order valence-corrected chi connectivity index (χ3v) is 3.97. The molecule has 108 valence electrons. The van der Waals surface area contributed by atoms with Crippen LogP contribution in [0.5, 0.6) is 0 Å². The number of carboxylic acids is 1. The summed E-state index contributed by atoms with van der Waals surface area (Å²) < 4.78 is 2.70. The Kier molecular flexibility index (Phi) is 3.70. The molecule has 1 heterocycles. The lowest BCUT2D eigenvalue weighted by Gasteiger charge is -2.09. The first-order valence-electron chi connectivity index (χ1n) is 6.59. The molecule has 0 spiro atoms. The zero-order valence-electron chi connectivity index (χ0n) is 11.5. The Hall–Kier alpha value is -2.58. The summed E-state index contributed by atoms with van der Waals surface area (Å²) in [6.45, 7) is 0.455. The Morgan fingerprint density at radius 3 is 2.73 bits per heavy atom. The smallest absolute Gasteiger partial charge is 0.352 e. The van der Waals surface area contributed by atoms with E-state index >= 15 is 0 Å². The van der Waals surface area contributed by atoms with E-state index in [1.165, 1.54) is 0 Å². The second-order valence-corrected chi connectivity index (χ2v) is 5.85. The molecule has 0 radical (unpaired) electrons. The van der Waals surface area contributed by atoms with E-state index < -0.39 is 5.97 Å². The van der Waals surface area contributed by atoms with Crippen LogP contribution in [0.1, 0.15) is 21.6 Å². The van der Waals surface area contributed by atoms with Crippen LogP contribution in [0.3, 0.4) is 0 Å². The van der Waals surface area contributed by atoms with Crippen LogP contribution in [0, 0.1) is 11.3 Å². The van der Waals surface area contributed by atoms with Crippen molar-refractivity contribution in [1.29, 1.82) is 5.26 Å². The van der Waals surface area contributed by atoms with E-state index in [-0.39, 0.29) is 5.69 Å². The van der Waals surface area contributed by atoms with Crippen molar-refractivity contribution < 1.29 is 9.90 Å². The van der Waals surface area contributed by atoms with Gasteiger partial charge in [0.25, 0.3) is 0 Å². The summed E-state index contributed by atoms with van der Waals surface area (Å²) >= 11 is 3.42. The molecule has 5 heteroatoms. The number of benzene rings is 2. The van der Waals surface area contributed by atoms with Gasteiger partial charge in [0.05, 0.1) is 11.6 Å². The van der Waals surface area contributed by atoms with Gasteiger partial charge in [-0.3, -0.25) is 0 Å². The van der Waals surface area contributed by atoms with Gasteiger partial charge in [-0.2, -0.15) is 5.26 Å². The van der Waals surface area contributed by atoms with Crippen molar-refractivity contribution in [2.75, 3.05) is 0 Å². The van der Waals surface area contributed by atoms with E-state index in [1.807, 2.05) is 24.3 Å². The molecule has 0 fully saturated rings. The van der Waals surface area contributed by atoms with E-state index in [4.69, 9.17) is 5.26 Å². The van der Waals surface area contributed by atoms with E-state index in [0.29, 0.717) is 12.1 Å². The summed E-state index contributed by atoms with van der Waals surface area (Å²) in [6, 6.07) is 16.6. The first-order valence-corrected chi connectivity index (χ1v) is 7.39. The average molecular weight is 355 g/mol. The second kappa shape index (κ2) is 5.66. The lowest BCUT2D eigenvalue weighted by atomic mass is 10.2. The molecule has 0 atom stereocenters. The van der Waals surface area contributed by atoms with Gasteiger partial charge in [-0.25, -0.2) is 4.79 Å². The summed E-state index contributed by atoms with van der Waals surface area (Å²) in [5, 5.41) is 19.2. The maximum Gasteiger partial charge on any atom is 0.352 e. The van der Waals surface area contributed by atoms with Crippen molar-refractivity contribution in [1.82, 2.24) is 4.57 Å². The maximum absolute atomic E-state index is 11.5. The Balaban J connectivity index is 2.16. The van der Waals surface area contributed by atoms with Gasteiger partial charge in [0.1, 0.15) is 5.69 Å². The third-order valence-electron chi connectivity index (χ3n) is 3.48. The fourth-order valence-corrected chi connectivity index (χ4v) is 2.95. The quantitative estimate of drug-likeness (QED) is 0.772. The predicted molar refractivity (Wildman–Crippen MR) is 86.9 cm³/mol. The van der Waals surface area contributed by atoms with Gasteiger partial charge in [-0.15, -0.1) is 0 Å². The minimum absolute atomic E-state index is 0.213. The average Bonchev–Trinajstić information content (AvgIpc) is 2.85. The molecule has 1 N–H and O–H groups in total. The third kappa shape index (κ3) is 2.61. The van der Waals surface area contributed by atoms with Crippen molar-refractivity contribution in [3.05, 3.63) is 69.8 Å². The molecule has 0 aliphatic heterocycles. The first-order chi connectivity index (χ1) is 10.6. The van der Waals surface area contributed by atoms with Crippen LogP contribution in [-0.2, 0) is 6.54 Å². The Labute approximate surface area is 135 Å². The van der Waals surface area contributed by atoms with Crippen LogP contribution in [0.25, 0.3) is 10.9 Å². The fourth-order valence-electron chi connectivity index (χ4n) is 2.51. The number of halogens is 1. The minimum atomic E-state index is -0.982. The van der Waals surface area contributed by atoms with Crippen LogP contribution < -0.4 is 0 Å². The van der Waals surface area contributed by atoms with Crippen LogP contribution in [0.15, 0.2) is 53.0 Å². The van der Waals surface area contributed by atoms with Gasteiger partial charge in [0.2, 0.25) is 0 Å². The van der Waals surface area contributed by atoms with Gasteiger partial charge >= 0.3 is 5.97 Å². The maximum atomic E-state index is 11.5. The van der Waals surface area contributed by atoms with Gasteiger partial charge in [0, 0.05) is 21.9 Å². The van der Waals surface area contributed by atoms with Crippen molar-refractivity contribution in [2.45, 2.75) is 6.54 Å². The van der Waals surface area contributed by atoms with Gasteiger partial charge in [-0.05, 0) is 42.0 Å². The van der Waals surface area contributed by atoms with Gasteiger partial charge < -0.3 is 9.67 Å². The normalized spacial score (nSPS) is 10.5. The molecule has 0 saturated carbocycles. The van der Waals surface area contributed by atoms with Crippen LogP contribution in [0.4, 0.5) is 0 Å². The molecular weight excluding hydrogens is 344 g/mol. The number of hydrogen-bond donors (Lipinski definition) is 1. The van der Waals surface area contributed by atoms with E-state index in [0.717, 1.165) is 20.9 Å². The van der Waals surface area contributed by atoms with Crippen LogP contribution in [-0.4, -0.2) is 15.6 Å². The highest BCUT2D eigenvalue weighted by atomic mass is 79.9. The number of aromatic carboxylic acids is 1.